The predicted molar refractivity (Wildman–Crippen MR) is 59.7 cm³/mol. The minimum atomic E-state index is -0.938. The van der Waals surface area contributed by atoms with Crippen LogP contribution in [0.5, 0.6) is 0 Å². The Hall–Kier alpha value is -2.04. The van der Waals surface area contributed by atoms with Gasteiger partial charge in [0, 0.05) is 7.05 Å². The van der Waals surface area contributed by atoms with E-state index in [1.807, 2.05) is 18.2 Å². The van der Waals surface area contributed by atoms with E-state index in [9.17, 15) is 9.59 Å². The topological polar surface area (TPSA) is 60.9 Å². The average Bonchev–Trinajstić information content (AvgIpc) is 2.25. The van der Waals surface area contributed by atoms with E-state index in [0.29, 0.717) is 0 Å². The number of benzene rings is 1. The van der Waals surface area contributed by atoms with Crippen molar-refractivity contribution in [2.75, 3.05) is 29.9 Å². The van der Waals surface area contributed by atoms with Crippen LogP contribution in [-0.4, -0.2) is 37.1 Å². The van der Waals surface area contributed by atoms with E-state index in [2.05, 4.69) is 0 Å². The molecule has 1 aromatic rings. The van der Waals surface area contributed by atoms with E-state index in [-0.39, 0.29) is 19.0 Å². The van der Waals surface area contributed by atoms with Gasteiger partial charge in [0.15, 0.2) is 0 Å². The highest BCUT2D eigenvalue weighted by Crippen LogP contribution is 2.31. The molecule has 0 aromatic heterocycles. The van der Waals surface area contributed by atoms with Gasteiger partial charge in [0.2, 0.25) is 5.91 Å². The first-order chi connectivity index (χ1) is 7.59. The van der Waals surface area contributed by atoms with Crippen LogP contribution < -0.4 is 9.80 Å². The van der Waals surface area contributed by atoms with Crippen molar-refractivity contribution >= 4 is 23.3 Å². The van der Waals surface area contributed by atoms with Gasteiger partial charge in [-0.3, -0.25) is 9.59 Å². The second kappa shape index (κ2) is 3.84. The van der Waals surface area contributed by atoms with Gasteiger partial charge in [-0.15, -0.1) is 0 Å². The summed E-state index contributed by atoms with van der Waals surface area (Å²) in [5.74, 6) is -1.04. The lowest BCUT2D eigenvalue weighted by molar-refractivity contribution is -0.135. The molecule has 1 aromatic carbocycles. The third-order valence-corrected chi connectivity index (χ3v) is 2.61. The summed E-state index contributed by atoms with van der Waals surface area (Å²) in [6.45, 7) is -0.0452. The summed E-state index contributed by atoms with van der Waals surface area (Å²) in [6.07, 6.45) is 0. The van der Waals surface area contributed by atoms with Gasteiger partial charge in [-0.05, 0) is 12.1 Å². The maximum atomic E-state index is 11.6. The normalized spacial score (nSPS) is 14.9. The van der Waals surface area contributed by atoms with Crippen LogP contribution in [0.15, 0.2) is 24.3 Å². The van der Waals surface area contributed by atoms with Gasteiger partial charge in [-0.1, -0.05) is 12.1 Å². The fraction of sp³-hybridized carbons (Fsp3) is 0.273. The van der Waals surface area contributed by atoms with Gasteiger partial charge in [0.1, 0.15) is 6.54 Å². The summed E-state index contributed by atoms with van der Waals surface area (Å²) in [4.78, 5) is 25.5. The molecule has 0 saturated carbocycles. The van der Waals surface area contributed by atoms with Crippen LogP contribution in [0.3, 0.4) is 0 Å². The van der Waals surface area contributed by atoms with E-state index < -0.39 is 5.97 Å². The first-order valence-corrected chi connectivity index (χ1v) is 4.92. The number of nitrogens with zero attached hydrogens (tertiary/aromatic N) is 2. The number of amides is 1. The number of fused-ring (bicyclic) bond motifs is 1. The number of carboxylic acid groups (broad SMARTS) is 1. The molecule has 0 aliphatic carbocycles. The maximum absolute atomic E-state index is 11.6. The SMILES string of the molecule is CN1C(=O)CN(CC(=O)O)c2ccccc21. The standard InChI is InChI=1S/C11H12N2O3/c1-12-8-4-2-3-5-9(8)13(6-10(12)14)7-11(15)16/h2-5H,6-7H2,1H3,(H,15,16). The highest BCUT2D eigenvalue weighted by molar-refractivity contribution is 6.03. The van der Waals surface area contributed by atoms with Crippen molar-refractivity contribution in [1.82, 2.24) is 0 Å². The molecule has 1 aliphatic rings. The van der Waals surface area contributed by atoms with Crippen LogP contribution in [0.25, 0.3) is 0 Å². The second-order valence-corrected chi connectivity index (χ2v) is 3.69. The Labute approximate surface area is 92.9 Å². The van der Waals surface area contributed by atoms with Gasteiger partial charge >= 0.3 is 5.97 Å². The Bertz CT molecular complexity index is 445. The number of hydrogen-bond acceptors (Lipinski definition) is 3. The highest BCUT2D eigenvalue weighted by atomic mass is 16.4. The summed E-state index contributed by atoms with van der Waals surface area (Å²) in [6, 6.07) is 7.28. The molecule has 0 spiro atoms. The first kappa shape index (κ1) is 10.5. The number of aliphatic carboxylic acids is 1. The van der Waals surface area contributed by atoms with Crippen molar-refractivity contribution in [2.24, 2.45) is 0 Å². The van der Waals surface area contributed by atoms with Crippen LogP contribution in [0, 0.1) is 0 Å². The molecular weight excluding hydrogens is 208 g/mol. The van der Waals surface area contributed by atoms with Gasteiger partial charge < -0.3 is 14.9 Å². The van der Waals surface area contributed by atoms with E-state index in [4.69, 9.17) is 5.11 Å². The van der Waals surface area contributed by atoms with Crippen molar-refractivity contribution in [3.8, 4) is 0 Å². The molecule has 1 N–H and O–H groups in total. The summed E-state index contributed by atoms with van der Waals surface area (Å²) in [5.41, 5.74) is 1.53. The number of hydrogen-bond donors (Lipinski definition) is 1. The Morgan fingerprint density at radius 3 is 2.62 bits per heavy atom. The molecule has 16 heavy (non-hydrogen) atoms. The fourth-order valence-corrected chi connectivity index (χ4v) is 1.81. The monoisotopic (exact) mass is 220 g/mol. The van der Waals surface area contributed by atoms with Crippen molar-refractivity contribution in [2.45, 2.75) is 0 Å². The Kier molecular flexibility index (Phi) is 2.52. The molecule has 0 atom stereocenters. The molecular formula is C11H12N2O3. The van der Waals surface area contributed by atoms with Crippen molar-refractivity contribution in [3.05, 3.63) is 24.3 Å². The van der Waals surface area contributed by atoms with E-state index in [0.717, 1.165) is 11.4 Å². The number of para-hydroxylation sites is 2. The lowest BCUT2D eigenvalue weighted by atomic mass is 10.1. The third-order valence-electron chi connectivity index (χ3n) is 2.61. The lowest BCUT2D eigenvalue weighted by Gasteiger charge is -2.34. The number of carbonyl (C=O) groups is 2. The molecule has 0 radical (unpaired) electrons. The zero-order valence-corrected chi connectivity index (χ0v) is 8.88. The molecule has 1 aliphatic heterocycles. The molecule has 0 fully saturated rings. The van der Waals surface area contributed by atoms with Crippen LogP contribution in [0.4, 0.5) is 11.4 Å². The number of likely N-dealkylation sites (N-methyl/N-ethyl adjacent to an activating group) is 1. The molecule has 1 amide bonds. The van der Waals surface area contributed by atoms with Gasteiger partial charge in [0.05, 0.1) is 17.9 Å². The van der Waals surface area contributed by atoms with Crippen LogP contribution in [0.2, 0.25) is 0 Å². The van der Waals surface area contributed by atoms with Gasteiger partial charge in [-0.2, -0.15) is 0 Å². The zero-order chi connectivity index (χ0) is 11.7. The van der Waals surface area contributed by atoms with Crippen LogP contribution in [-0.2, 0) is 9.59 Å². The van der Waals surface area contributed by atoms with Crippen LogP contribution in [0.1, 0.15) is 0 Å². The van der Waals surface area contributed by atoms with Crippen molar-refractivity contribution < 1.29 is 14.7 Å². The second-order valence-electron chi connectivity index (χ2n) is 3.69. The summed E-state index contributed by atoms with van der Waals surface area (Å²) >= 11 is 0. The quantitative estimate of drug-likeness (QED) is 0.790. The molecule has 84 valence electrons. The molecule has 0 saturated heterocycles. The fourth-order valence-electron chi connectivity index (χ4n) is 1.81. The smallest absolute Gasteiger partial charge is 0.323 e. The molecule has 5 heteroatoms. The van der Waals surface area contributed by atoms with Crippen molar-refractivity contribution in [3.63, 3.8) is 0 Å². The molecule has 0 unspecified atom stereocenters. The summed E-state index contributed by atoms with van der Waals surface area (Å²) < 4.78 is 0. The zero-order valence-electron chi connectivity index (χ0n) is 8.88. The minimum absolute atomic E-state index is 0.0973. The van der Waals surface area contributed by atoms with E-state index in [1.165, 1.54) is 0 Å². The van der Waals surface area contributed by atoms with Gasteiger partial charge in [-0.25, -0.2) is 0 Å². The van der Waals surface area contributed by atoms with E-state index in [1.54, 1.807) is 22.9 Å². The average molecular weight is 220 g/mol. The Balaban J connectivity index is 2.40. The number of carboxylic acids is 1. The summed E-state index contributed by atoms with van der Waals surface area (Å²) in [7, 11) is 1.69. The van der Waals surface area contributed by atoms with Gasteiger partial charge in [0.25, 0.3) is 0 Å². The van der Waals surface area contributed by atoms with Crippen molar-refractivity contribution in [1.29, 1.82) is 0 Å². The van der Waals surface area contributed by atoms with E-state index >= 15 is 0 Å². The third kappa shape index (κ3) is 1.71. The minimum Gasteiger partial charge on any atom is -0.480 e. The lowest BCUT2D eigenvalue weighted by Crippen LogP contribution is -2.45. The van der Waals surface area contributed by atoms with Crippen LogP contribution >= 0.6 is 0 Å². The summed E-state index contributed by atoms with van der Waals surface area (Å²) in [5, 5.41) is 8.78. The predicted octanol–water partition coefficient (Wildman–Crippen LogP) is 0.554. The molecule has 1 heterocycles. The largest absolute Gasteiger partial charge is 0.480 e. The Morgan fingerprint density at radius 2 is 2.00 bits per heavy atom. The number of carbonyl (C=O) groups excluding carboxylic acids is 1. The molecule has 0 bridgehead atoms. The molecule has 5 nitrogen and oxygen atoms in total. The number of anilines is 2. The first-order valence-electron chi connectivity index (χ1n) is 4.92. The number of rotatable bonds is 2. The Morgan fingerprint density at radius 1 is 1.38 bits per heavy atom. The highest BCUT2D eigenvalue weighted by Gasteiger charge is 2.27. The maximum Gasteiger partial charge on any atom is 0.323 e. The molecule has 2 rings (SSSR count).